The lowest BCUT2D eigenvalue weighted by atomic mass is 9.85. The highest BCUT2D eigenvalue weighted by Crippen LogP contribution is 2.33. The van der Waals surface area contributed by atoms with Gasteiger partial charge in [0.15, 0.2) is 0 Å². The monoisotopic (exact) mass is 297 g/mol. The normalized spacial score (nSPS) is 11.8. The van der Waals surface area contributed by atoms with E-state index in [0.29, 0.717) is 5.88 Å². The topological polar surface area (TPSA) is 12.9 Å². The molecule has 4 heteroatoms. The molecule has 0 saturated carbocycles. The molecule has 19 heavy (non-hydrogen) atoms. The minimum absolute atomic E-state index is 0.197. The highest BCUT2D eigenvalue weighted by atomic mass is 35.5. The second-order valence-electron chi connectivity index (χ2n) is 5.07. The van der Waals surface area contributed by atoms with Gasteiger partial charge in [-0.2, -0.15) is 0 Å². The van der Waals surface area contributed by atoms with Crippen LogP contribution in [0.15, 0.2) is 29.6 Å². The molecule has 0 atom stereocenters. The van der Waals surface area contributed by atoms with Crippen molar-refractivity contribution in [3.8, 4) is 0 Å². The van der Waals surface area contributed by atoms with Gasteiger partial charge in [0.2, 0.25) is 0 Å². The van der Waals surface area contributed by atoms with E-state index in [1.165, 1.54) is 12.1 Å². The highest BCUT2D eigenvalue weighted by Gasteiger charge is 2.26. The predicted molar refractivity (Wildman–Crippen MR) is 79.7 cm³/mol. The second-order valence-corrected chi connectivity index (χ2v) is 6.30. The van der Waals surface area contributed by atoms with Crippen molar-refractivity contribution in [3.05, 3.63) is 51.7 Å². The molecule has 2 aromatic rings. The van der Waals surface area contributed by atoms with Gasteiger partial charge in [0.1, 0.15) is 10.8 Å². The van der Waals surface area contributed by atoms with Crippen molar-refractivity contribution in [3.63, 3.8) is 0 Å². The van der Waals surface area contributed by atoms with Gasteiger partial charge in [-0.1, -0.05) is 12.1 Å². The zero-order chi connectivity index (χ0) is 13.9. The third kappa shape index (κ3) is 3.34. The summed E-state index contributed by atoms with van der Waals surface area (Å²) >= 11 is 7.36. The summed E-state index contributed by atoms with van der Waals surface area (Å²) in [5.41, 5.74) is 1.97. The molecule has 0 amide bonds. The first kappa shape index (κ1) is 14.5. The van der Waals surface area contributed by atoms with E-state index in [0.717, 1.165) is 29.1 Å². The quantitative estimate of drug-likeness (QED) is 0.724. The lowest BCUT2D eigenvalue weighted by Gasteiger charge is -2.22. The summed E-state index contributed by atoms with van der Waals surface area (Å²) in [6, 6.07) is 6.66. The number of aryl methyl sites for hydroxylation is 1. The van der Waals surface area contributed by atoms with Crippen molar-refractivity contribution < 1.29 is 4.39 Å². The number of hydrogen-bond acceptors (Lipinski definition) is 2. The molecule has 2 rings (SSSR count). The maximum Gasteiger partial charge on any atom is 0.123 e. The van der Waals surface area contributed by atoms with Crippen LogP contribution in [0.4, 0.5) is 4.39 Å². The predicted octanol–water partition coefficient (Wildman–Crippen LogP) is 4.78. The zero-order valence-electron chi connectivity index (χ0n) is 11.1. The molecule has 0 aliphatic carbocycles. The fourth-order valence-electron chi connectivity index (χ4n) is 1.95. The number of benzene rings is 1. The smallest absolute Gasteiger partial charge is 0.123 e. The van der Waals surface area contributed by atoms with Gasteiger partial charge in [-0.15, -0.1) is 22.9 Å². The summed E-state index contributed by atoms with van der Waals surface area (Å²) < 4.78 is 13.0. The Bertz CT molecular complexity index is 533. The largest absolute Gasteiger partial charge is 0.245 e. The van der Waals surface area contributed by atoms with Crippen LogP contribution in [0, 0.1) is 5.82 Å². The Morgan fingerprint density at radius 2 is 1.95 bits per heavy atom. The number of hydrogen-bond donors (Lipinski definition) is 0. The van der Waals surface area contributed by atoms with Crippen LogP contribution < -0.4 is 0 Å². The van der Waals surface area contributed by atoms with Gasteiger partial charge in [0, 0.05) is 16.7 Å². The van der Waals surface area contributed by atoms with Crippen LogP contribution in [0.3, 0.4) is 0 Å². The first-order chi connectivity index (χ1) is 9.04. The molecule has 0 aliphatic heterocycles. The number of thiazole rings is 1. The summed E-state index contributed by atoms with van der Waals surface area (Å²) in [4.78, 5) is 4.68. The van der Waals surface area contributed by atoms with Crippen molar-refractivity contribution in [2.75, 3.05) is 5.88 Å². The first-order valence-corrected chi connectivity index (χ1v) is 7.72. The van der Waals surface area contributed by atoms with Crippen molar-refractivity contribution >= 4 is 22.9 Å². The molecule has 1 aromatic carbocycles. The fourth-order valence-corrected chi connectivity index (χ4v) is 3.08. The highest BCUT2D eigenvalue weighted by molar-refractivity contribution is 7.09. The number of nitrogens with zero attached hydrogens (tertiary/aromatic N) is 1. The van der Waals surface area contributed by atoms with Crippen LogP contribution in [0.25, 0.3) is 0 Å². The van der Waals surface area contributed by atoms with Gasteiger partial charge in [-0.25, -0.2) is 9.37 Å². The Kier molecular flexibility index (Phi) is 4.58. The van der Waals surface area contributed by atoms with E-state index >= 15 is 0 Å². The second kappa shape index (κ2) is 6.02. The molecular formula is C15H17ClFNS. The molecule has 0 radical (unpaired) electrons. The number of alkyl halides is 1. The van der Waals surface area contributed by atoms with E-state index in [1.807, 2.05) is 12.1 Å². The van der Waals surface area contributed by atoms with E-state index in [4.69, 9.17) is 11.6 Å². The molecule has 1 nitrogen and oxygen atoms in total. The van der Waals surface area contributed by atoms with Crippen molar-refractivity contribution in [2.24, 2.45) is 0 Å². The van der Waals surface area contributed by atoms with E-state index in [9.17, 15) is 4.39 Å². The molecule has 0 fully saturated rings. The molecule has 102 valence electrons. The molecular weight excluding hydrogens is 281 g/mol. The van der Waals surface area contributed by atoms with Gasteiger partial charge < -0.3 is 0 Å². The zero-order valence-corrected chi connectivity index (χ0v) is 12.7. The lowest BCUT2D eigenvalue weighted by molar-refractivity contribution is 0.610. The summed E-state index contributed by atoms with van der Waals surface area (Å²) in [5.74, 6) is 0.454. The van der Waals surface area contributed by atoms with Crippen molar-refractivity contribution in [2.45, 2.75) is 32.1 Å². The van der Waals surface area contributed by atoms with Crippen LogP contribution in [-0.2, 0) is 11.8 Å². The summed E-state index contributed by atoms with van der Waals surface area (Å²) in [7, 11) is 0. The Morgan fingerprint density at radius 1 is 1.26 bits per heavy atom. The average molecular weight is 298 g/mol. The third-order valence-electron chi connectivity index (χ3n) is 3.22. The molecule has 0 spiro atoms. The van der Waals surface area contributed by atoms with Crippen LogP contribution in [0.2, 0.25) is 0 Å². The first-order valence-electron chi connectivity index (χ1n) is 6.31. The number of halogens is 2. The Hall–Kier alpha value is -0.930. The maximum absolute atomic E-state index is 13.0. The van der Waals surface area contributed by atoms with E-state index in [-0.39, 0.29) is 11.2 Å². The molecule has 0 saturated heterocycles. The Balaban J connectivity index is 2.23. The van der Waals surface area contributed by atoms with Gasteiger partial charge >= 0.3 is 0 Å². The third-order valence-corrected chi connectivity index (χ3v) is 4.70. The summed E-state index contributed by atoms with van der Waals surface area (Å²) in [6.45, 7) is 4.23. The van der Waals surface area contributed by atoms with E-state index in [2.05, 4.69) is 24.2 Å². The summed E-state index contributed by atoms with van der Waals surface area (Å²) in [6.07, 6.45) is 1.86. The standard InChI is InChI=1S/C15H17ClFNS/c1-15(2,11-5-7-12(17)8-6-11)14-18-13(10-19-14)4-3-9-16/h5-8,10H,3-4,9H2,1-2H3. The Morgan fingerprint density at radius 3 is 2.58 bits per heavy atom. The number of aromatic nitrogens is 1. The minimum atomic E-state index is -0.207. The SMILES string of the molecule is CC(C)(c1ccc(F)cc1)c1nc(CCCCl)cs1. The van der Waals surface area contributed by atoms with Crippen LogP contribution >= 0.6 is 22.9 Å². The van der Waals surface area contributed by atoms with Crippen molar-refractivity contribution in [1.82, 2.24) is 4.98 Å². The van der Waals surface area contributed by atoms with Gasteiger partial charge in [0.05, 0.1) is 5.69 Å². The minimum Gasteiger partial charge on any atom is -0.245 e. The van der Waals surface area contributed by atoms with E-state index < -0.39 is 0 Å². The fraction of sp³-hybridized carbons (Fsp3) is 0.400. The average Bonchev–Trinajstić information content (AvgIpc) is 2.86. The van der Waals surface area contributed by atoms with Crippen molar-refractivity contribution in [1.29, 1.82) is 0 Å². The van der Waals surface area contributed by atoms with Gasteiger partial charge in [-0.05, 0) is 44.4 Å². The lowest BCUT2D eigenvalue weighted by Crippen LogP contribution is -2.18. The Labute approximate surface area is 122 Å². The molecule has 0 unspecified atom stereocenters. The van der Waals surface area contributed by atoms with Crippen LogP contribution in [-0.4, -0.2) is 10.9 Å². The van der Waals surface area contributed by atoms with Crippen LogP contribution in [0.5, 0.6) is 0 Å². The molecule has 1 heterocycles. The molecule has 0 N–H and O–H groups in total. The molecule has 0 aliphatic rings. The maximum atomic E-state index is 13.0. The van der Waals surface area contributed by atoms with Crippen LogP contribution in [0.1, 0.15) is 36.5 Å². The van der Waals surface area contributed by atoms with Gasteiger partial charge in [0.25, 0.3) is 0 Å². The molecule has 1 aromatic heterocycles. The molecule has 0 bridgehead atoms. The summed E-state index contributed by atoms with van der Waals surface area (Å²) in [5, 5.41) is 3.15. The number of rotatable bonds is 5. The van der Waals surface area contributed by atoms with E-state index in [1.54, 1.807) is 11.3 Å². The van der Waals surface area contributed by atoms with Gasteiger partial charge in [-0.3, -0.25) is 0 Å².